The van der Waals surface area contributed by atoms with E-state index < -0.39 is 0 Å². The van der Waals surface area contributed by atoms with Gasteiger partial charge in [-0.1, -0.05) is 18.2 Å². The minimum Gasteiger partial charge on any atom is -0.399 e. The third-order valence-corrected chi connectivity index (χ3v) is 3.11. The molecule has 2 rings (SSSR count). The molecule has 3 N–H and O–H groups in total. The Balaban J connectivity index is 2.49. The summed E-state index contributed by atoms with van der Waals surface area (Å²) in [6.45, 7) is 4.13. The Morgan fingerprint density at radius 3 is 2.18 bits per heavy atom. The topological polar surface area (TPSA) is 38.0 Å². The second kappa shape index (κ2) is 4.50. The molecular formula is C15H18N2. The molecule has 0 amide bonds. The van der Waals surface area contributed by atoms with Crippen LogP contribution in [0.2, 0.25) is 0 Å². The zero-order valence-electron chi connectivity index (χ0n) is 10.5. The van der Waals surface area contributed by atoms with Crippen LogP contribution in [-0.2, 0) is 0 Å². The quantitative estimate of drug-likeness (QED) is 0.768. The Labute approximate surface area is 102 Å². The van der Waals surface area contributed by atoms with Crippen LogP contribution in [0.15, 0.2) is 36.4 Å². The monoisotopic (exact) mass is 226 g/mol. The van der Waals surface area contributed by atoms with Gasteiger partial charge in [-0.2, -0.15) is 0 Å². The second-order valence-corrected chi connectivity index (χ2v) is 4.35. The van der Waals surface area contributed by atoms with Crippen molar-refractivity contribution in [1.82, 2.24) is 0 Å². The van der Waals surface area contributed by atoms with E-state index >= 15 is 0 Å². The molecule has 0 bridgehead atoms. The molecule has 17 heavy (non-hydrogen) atoms. The molecule has 0 spiro atoms. The van der Waals surface area contributed by atoms with Crippen LogP contribution in [0.3, 0.4) is 0 Å². The number of anilines is 2. The van der Waals surface area contributed by atoms with Gasteiger partial charge in [0, 0.05) is 18.4 Å². The predicted molar refractivity (Wildman–Crippen MR) is 75.3 cm³/mol. The molecule has 88 valence electrons. The summed E-state index contributed by atoms with van der Waals surface area (Å²) in [4.78, 5) is 0. The largest absolute Gasteiger partial charge is 0.399 e. The van der Waals surface area contributed by atoms with E-state index in [9.17, 15) is 0 Å². The molecule has 0 unspecified atom stereocenters. The summed E-state index contributed by atoms with van der Waals surface area (Å²) in [5.41, 5.74) is 12.6. The van der Waals surface area contributed by atoms with Crippen LogP contribution in [0.25, 0.3) is 11.1 Å². The Morgan fingerprint density at radius 2 is 1.53 bits per heavy atom. The van der Waals surface area contributed by atoms with Gasteiger partial charge in [0.1, 0.15) is 0 Å². The molecule has 0 atom stereocenters. The summed E-state index contributed by atoms with van der Waals surface area (Å²) >= 11 is 0. The molecule has 0 radical (unpaired) electrons. The summed E-state index contributed by atoms with van der Waals surface area (Å²) in [5.74, 6) is 0. The Morgan fingerprint density at radius 1 is 0.882 bits per heavy atom. The van der Waals surface area contributed by atoms with E-state index in [1.165, 1.54) is 16.7 Å². The van der Waals surface area contributed by atoms with E-state index in [2.05, 4.69) is 42.6 Å². The number of hydrogen-bond acceptors (Lipinski definition) is 2. The van der Waals surface area contributed by atoms with Crippen LogP contribution in [0.5, 0.6) is 0 Å². The fourth-order valence-electron chi connectivity index (χ4n) is 1.93. The predicted octanol–water partition coefficient (Wildman–Crippen LogP) is 3.59. The van der Waals surface area contributed by atoms with E-state index in [1.54, 1.807) is 0 Å². The van der Waals surface area contributed by atoms with Crippen molar-refractivity contribution in [3.63, 3.8) is 0 Å². The van der Waals surface area contributed by atoms with Crippen LogP contribution in [0, 0.1) is 13.8 Å². The van der Waals surface area contributed by atoms with Crippen LogP contribution in [0.1, 0.15) is 11.1 Å². The summed E-state index contributed by atoms with van der Waals surface area (Å²) < 4.78 is 0. The summed E-state index contributed by atoms with van der Waals surface area (Å²) in [5, 5.41) is 3.21. The standard InChI is InChI=1S/C15H18N2/c1-10-4-5-13(9-15(10)17-3)12-6-7-14(16)11(2)8-12/h4-9,17H,16H2,1-3H3. The fraction of sp³-hybridized carbons (Fsp3) is 0.200. The maximum absolute atomic E-state index is 5.83. The first-order valence-corrected chi connectivity index (χ1v) is 5.76. The van der Waals surface area contributed by atoms with Crippen LogP contribution >= 0.6 is 0 Å². The molecule has 0 aromatic heterocycles. The Hall–Kier alpha value is -1.96. The number of benzene rings is 2. The third kappa shape index (κ3) is 2.26. The summed E-state index contributed by atoms with van der Waals surface area (Å²) in [6.07, 6.45) is 0. The number of rotatable bonds is 2. The van der Waals surface area contributed by atoms with E-state index in [-0.39, 0.29) is 0 Å². The van der Waals surface area contributed by atoms with Gasteiger partial charge in [0.05, 0.1) is 0 Å². The zero-order chi connectivity index (χ0) is 12.4. The number of hydrogen-bond donors (Lipinski definition) is 2. The lowest BCUT2D eigenvalue weighted by molar-refractivity contribution is 1.40. The van der Waals surface area contributed by atoms with Crippen molar-refractivity contribution in [2.24, 2.45) is 0 Å². The highest BCUT2D eigenvalue weighted by atomic mass is 14.8. The molecule has 0 fully saturated rings. The number of aryl methyl sites for hydroxylation is 2. The Kier molecular flexibility index (Phi) is 3.05. The van der Waals surface area contributed by atoms with Crippen molar-refractivity contribution in [3.05, 3.63) is 47.5 Å². The number of nitrogens with one attached hydrogen (secondary N) is 1. The van der Waals surface area contributed by atoms with Gasteiger partial charge in [-0.05, 0) is 54.3 Å². The van der Waals surface area contributed by atoms with Gasteiger partial charge >= 0.3 is 0 Å². The van der Waals surface area contributed by atoms with Crippen molar-refractivity contribution < 1.29 is 0 Å². The molecule has 0 saturated heterocycles. The fourth-order valence-corrected chi connectivity index (χ4v) is 1.93. The maximum Gasteiger partial charge on any atom is 0.0373 e. The average Bonchev–Trinajstić information content (AvgIpc) is 2.33. The van der Waals surface area contributed by atoms with Gasteiger partial charge < -0.3 is 11.1 Å². The van der Waals surface area contributed by atoms with Gasteiger partial charge in [0.25, 0.3) is 0 Å². The van der Waals surface area contributed by atoms with Crippen molar-refractivity contribution in [1.29, 1.82) is 0 Å². The lowest BCUT2D eigenvalue weighted by atomic mass is 10.0. The van der Waals surface area contributed by atoms with E-state index in [4.69, 9.17) is 5.73 Å². The second-order valence-electron chi connectivity index (χ2n) is 4.35. The minimum absolute atomic E-state index is 0.842. The van der Waals surface area contributed by atoms with Crippen LogP contribution in [-0.4, -0.2) is 7.05 Å². The first-order valence-electron chi connectivity index (χ1n) is 5.76. The van der Waals surface area contributed by atoms with Crippen LogP contribution < -0.4 is 11.1 Å². The van der Waals surface area contributed by atoms with Crippen molar-refractivity contribution in [2.45, 2.75) is 13.8 Å². The SMILES string of the molecule is CNc1cc(-c2ccc(N)c(C)c2)ccc1C. The maximum atomic E-state index is 5.83. The number of nitrogen functional groups attached to an aromatic ring is 1. The summed E-state index contributed by atoms with van der Waals surface area (Å²) in [7, 11) is 1.94. The lowest BCUT2D eigenvalue weighted by Crippen LogP contribution is -1.93. The molecule has 2 aromatic rings. The van der Waals surface area contributed by atoms with Gasteiger partial charge in [-0.3, -0.25) is 0 Å². The lowest BCUT2D eigenvalue weighted by Gasteiger charge is -2.10. The molecule has 0 aliphatic heterocycles. The molecule has 2 heteroatoms. The first kappa shape index (κ1) is 11.5. The van der Waals surface area contributed by atoms with Gasteiger partial charge in [0.15, 0.2) is 0 Å². The van der Waals surface area contributed by atoms with Crippen molar-refractivity contribution in [3.8, 4) is 11.1 Å². The molecule has 0 heterocycles. The summed E-state index contributed by atoms with van der Waals surface area (Å²) in [6, 6.07) is 12.6. The molecule has 0 saturated carbocycles. The molecule has 0 aliphatic rings. The van der Waals surface area contributed by atoms with E-state index in [1.807, 2.05) is 20.0 Å². The first-order chi connectivity index (χ1) is 8.11. The number of nitrogens with two attached hydrogens (primary N) is 1. The molecule has 2 aromatic carbocycles. The molecular weight excluding hydrogens is 208 g/mol. The molecule has 0 aliphatic carbocycles. The van der Waals surface area contributed by atoms with Gasteiger partial charge in [0.2, 0.25) is 0 Å². The van der Waals surface area contributed by atoms with Crippen LogP contribution in [0.4, 0.5) is 11.4 Å². The highest BCUT2D eigenvalue weighted by molar-refractivity contribution is 5.72. The third-order valence-electron chi connectivity index (χ3n) is 3.11. The molecule has 2 nitrogen and oxygen atoms in total. The highest BCUT2D eigenvalue weighted by Gasteiger charge is 2.03. The zero-order valence-corrected chi connectivity index (χ0v) is 10.5. The Bertz CT molecular complexity index is 545. The normalized spacial score (nSPS) is 10.3. The van der Waals surface area contributed by atoms with Gasteiger partial charge in [-0.15, -0.1) is 0 Å². The smallest absolute Gasteiger partial charge is 0.0373 e. The van der Waals surface area contributed by atoms with E-state index in [0.29, 0.717) is 0 Å². The average molecular weight is 226 g/mol. The van der Waals surface area contributed by atoms with Crippen molar-refractivity contribution in [2.75, 3.05) is 18.1 Å². The highest BCUT2D eigenvalue weighted by Crippen LogP contribution is 2.27. The van der Waals surface area contributed by atoms with Crippen molar-refractivity contribution >= 4 is 11.4 Å². The minimum atomic E-state index is 0.842. The van der Waals surface area contributed by atoms with E-state index in [0.717, 1.165) is 16.9 Å². The van der Waals surface area contributed by atoms with Gasteiger partial charge in [-0.25, -0.2) is 0 Å².